The van der Waals surface area contributed by atoms with E-state index in [9.17, 15) is 14.4 Å². The molecule has 5 nitrogen and oxygen atoms in total. The van der Waals surface area contributed by atoms with Gasteiger partial charge in [-0.1, -0.05) is 24.3 Å². The maximum atomic E-state index is 11.4. The summed E-state index contributed by atoms with van der Waals surface area (Å²) in [4.78, 5) is 37.6. The molecule has 0 amide bonds. The van der Waals surface area contributed by atoms with E-state index in [-0.39, 0.29) is 5.71 Å². The van der Waals surface area contributed by atoms with Crippen LogP contribution >= 0.6 is 0 Å². The second kappa shape index (κ2) is 4.18. The smallest absolute Gasteiger partial charge is 0.309 e. The van der Waals surface area contributed by atoms with Crippen LogP contribution in [0.15, 0.2) is 29.3 Å². The van der Waals surface area contributed by atoms with Crippen LogP contribution in [0.4, 0.5) is 0 Å². The second-order valence-corrected chi connectivity index (χ2v) is 4.16. The summed E-state index contributed by atoms with van der Waals surface area (Å²) in [6.07, 6.45) is 1.04. The molecule has 0 aromatic heterocycles. The van der Waals surface area contributed by atoms with Crippen LogP contribution in [0, 0.1) is 5.92 Å². The quantitative estimate of drug-likeness (QED) is 0.795. The first kappa shape index (κ1) is 12.2. The number of carboxylic acid groups (broad SMARTS) is 1. The van der Waals surface area contributed by atoms with Gasteiger partial charge in [-0.2, -0.15) is 0 Å². The molecule has 0 saturated carbocycles. The molecule has 0 fully saturated rings. The van der Waals surface area contributed by atoms with E-state index in [4.69, 9.17) is 5.11 Å². The number of carboxylic acids is 1. The van der Waals surface area contributed by atoms with Crippen molar-refractivity contribution in [1.82, 2.24) is 0 Å². The zero-order valence-corrected chi connectivity index (χ0v) is 9.66. The molecule has 1 aromatic carbocycles. The summed E-state index contributed by atoms with van der Waals surface area (Å²) in [5, 5.41) is 9.11. The number of hydrogen-bond acceptors (Lipinski definition) is 4. The minimum absolute atomic E-state index is 0.116. The predicted octanol–water partition coefficient (Wildman–Crippen LogP) is 0.803. The van der Waals surface area contributed by atoms with E-state index in [1.54, 1.807) is 24.3 Å². The lowest BCUT2D eigenvalue weighted by Gasteiger charge is -2.25. The largest absolute Gasteiger partial charge is 0.481 e. The highest BCUT2D eigenvalue weighted by Gasteiger charge is 2.47. The first-order chi connectivity index (χ1) is 8.56. The highest BCUT2D eigenvalue weighted by molar-refractivity contribution is 6.38. The summed E-state index contributed by atoms with van der Waals surface area (Å²) in [7, 11) is 0. The summed E-state index contributed by atoms with van der Waals surface area (Å²) in [5.74, 6) is -2.17. The minimum Gasteiger partial charge on any atom is -0.481 e. The number of benzene rings is 1. The molecule has 0 saturated heterocycles. The van der Waals surface area contributed by atoms with Crippen LogP contribution in [-0.4, -0.2) is 29.4 Å². The molecule has 0 bridgehead atoms. The zero-order valence-electron chi connectivity index (χ0n) is 9.66. The summed E-state index contributed by atoms with van der Waals surface area (Å²) < 4.78 is 0. The second-order valence-electron chi connectivity index (χ2n) is 4.16. The molecule has 92 valence electrons. The number of aldehydes is 2. The van der Waals surface area contributed by atoms with E-state index >= 15 is 0 Å². The van der Waals surface area contributed by atoms with Crippen LogP contribution in [0.2, 0.25) is 0 Å². The maximum Gasteiger partial charge on any atom is 0.309 e. The Hall–Kier alpha value is -2.30. The first-order valence-electron chi connectivity index (χ1n) is 5.41. The average molecular weight is 245 g/mol. The lowest BCUT2D eigenvalue weighted by molar-refractivity contribution is -0.145. The van der Waals surface area contributed by atoms with Crippen molar-refractivity contribution >= 4 is 24.3 Å². The van der Waals surface area contributed by atoms with Crippen molar-refractivity contribution in [2.24, 2.45) is 10.9 Å². The van der Waals surface area contributed by atoms with Crippen molar-refractivity contribution < 1.29 is 19.5 Å². The lowest BCUT2D eigenvalue weighted by atomic mass is 9.80. The average Bonchev–Trinajstić information content (AvgIpc) is 2.73. The van der Waals surface area contributed by atoms with Crippen molar-refractivity contribution in [1.29, 1.82) is 0 Å². The minimum atomic E-state index is -1.50. The number of aliphatic imine (C=N–C) groups is 1. The van der Waals surface area contributed by atoms with Crippen molar-refractivity contribution in [3.63, 3.8) is 0 Å². The number of nitrogens with zero attached hydrogens (tertiary/aromatic N) is 1. The number of hydrogen-bond donors (Lipinski definition) is 1. The molecule has 1 aliphatic heterocycles. The Morgan fingerprint density at radius 2 is 2.06 bits per heavy atom. The summed E-state index contributed by atoms with van der Waals surface area (Å²) in [6.45, 7) is 1.41. The Labute approximate surface area is 103 Å². The fourth-order valence-electron chi connectivity index (χ4n) is 2.18. The van der Waals surface area contributed by atoms with Crippen LogP contribution in [0.5, 0.6) is 0 Å². The number of carbonyl (C=O) groups is 3. The van der Waals surface area contributed by atoms with E-state index in [2.05, 4.69) is 4.99 Å². The SMILES string of the molecule is CC(C(=O)O)C1(C=O)N=C(C=O)c2ccccc21. The third-order valence-corrected chi connectivity index (χ3v) is 3.26. The molecule has 1 N–H and O–H groups in total. The maximum absolute atomic E-state index is 11.4. The first-order valence-corrected chi connectivity index (χ1v) is 5.41. The van der Waals surface area contributed by atoms with E-state index in [0.717, 1.165) is 0 Å². The lowest BCUT2D eigenvalue weighted by Crippen LogP contribution is -2.36. The standard InChI is InChI=1S/C13H11NO4/c1-8(12(17)18)13(7-16)10-5-3-2-4-9(10)11(6-15)14-13/h2-8H,1H3,(H,17,18). The van der Waals surface area contributed by atoms with Crippen molar-refractivity contribution in [2.45, 2.75) is 12.5 Å². The fraction of sp³-hybridized carbons (Fsp3) is 0.231. The van der Waals surface area contributed by atoms with Crippen LogP contribution in [0.25, 0.3) is 0 Å². The van der Waals surface area contributed by atoms with Crippen LogP contribution in [0.1, 0.15) is 18.1 Å². The van der Waals surface area contributed by atoms with Gasteiger partial charge in [-0.3, -0.25) is 14.6 Å². The molecule has 0 spiro atoms. The van der Waals surface area contributed by atoms with Crippen molar-refractivity contribution in [3.8, 4) is 0 Å². The number of carbonyl (C=O) groups excluding carboxylic acids is 2. The molecule has 5 heteroatoms. The zero-order chi connectivity index (χ0) is 13.3. The number of aliphatic carboxylic acids is 1. The van der Waals surface area contributed by atoms with Gasteiger partial charge in [0, 0.05) is 5.56 Å². The van der Waals surface area contributed by atoms with Crippen molar-refractivity contribution in [2.75, 3.05) is 0 Å². The van der Waals surface area contributed by atoms with Gasteiger partial charge in [0.2, 0.25) is 0 Å². The van der Waals surface area contributed by atoms with Gasteiger partial charge in [-0.25, -0.2) is 0 Å². The van der Waals surface area contributed by atoms with E-state index < -0.39 is 17.4 Å². The number of fused-ring (bicyclic) bond motifs is 1. The molecule has 1 aromatic rings. The van der Waals surface area contributed by atoms with Gasteiger partial charge < -0.3 is 9.90 Å². The molecule has 0 aliphatic carbocycles. The summed E-state index contributed by atoms with van der Waals surface area (Å²) >= 11 is 0. The van der Waals surface area contributed by atoms with Crippen LogP contribution < -0.4 is 0 Å². The molecular formula is C13H11NO4. The monoisotopic (exact) mass is 245 g/mol. The fourth-order valence-corrected chi connectivity index (χ4v) is 2.18. The Balaban J connectivity index is 2.71. The van der Waals surface area contributed by atoms with Gasteiger partial charge in [0.1, 0.15) is 5.71 Å². The van der Waals surface area contributed by atoms with E-state index in [1.165, 1.54) is 6.92 Å². The van der Waals surface area contributed by atoms with E-state index in [1.807, 2.05) is 0 Å². The molecular weight excluding hydrogens is 234 g/mol. The highest BCUT2D eigenvalue weighted by Crippen LogP contribution is 2.39. The Kier molecular flexibility index (Phi) is 2.82. The van der Waals surface area contributed by atoms with Gasteiger partial charge in [-0.15, -0.1) is 0 Å². The normalized spacial score (nSPS) is 22.8. The third-order valence-electron chi connectivity index (χ3n) is 3.26. The third kappa shape index (κ3) is 1.48. The molecule has 1 heterocycles. The topological polar surface area (TPSA) is 83.8 Å². The summed E-state index contributed by atoms with van der Waals surface area (Å²) in [5.41, 5.74) is -0.394. The number of rotatable bonds is 4. The van der Waals surface area contributed by atoms with Crippen LogP contribution in [-0.2, 0) is 19.9 Å². The van der Waals surface area contributed by atoms with Gasteiger partial charge in [-0.05, 0) is 12.5 Å². The molecule has 2 atom stereocenters. The molecule has 18 heavy (non-hydrogen) atoms. The Bertz CT molecular complexity index is 564. The van der Waals surface area contributed by atoms with Gasteiger partial charge in [0.25, 0.3) is 0 Å². The van der Waals surface area contributed by atoms with Crippen LogP contribution in [0.3, 0.4) is 0 Å². The Morgan fingerprint density at radius 3 is 2.61 bits per heavy atom. The van der Waals surface area contributed by atoms with E-state index in [0.29, 0.717) is 23.7 Å². The predicted molar refractivity (Wildman–Crippen MR) is 63.6 cm³/mol. The Morgan fingerprint density at radius 1 is 1.39 bits per heavy atom. The van der Waals surface area contributed by atoms with Gasteiger partial charge >= 0.3 is 5.97 Å². The summed E-state index contributed by atoms with van der Waals surface area (Å²) in [6, 6.07) is 6.69. The molecule has 2 rings (SSSR count). The van der Waals surface area contributed by atoms with Crippen molar-refractivity contribution in [3.05, 3.63) is 35.4 Å². The highest BCUT2D eigenvalue weighted by atomic mass is 16.4. The van der Waals surface area contributed by atoms with Gasteiger partial charge in [0.15, 0.2) is 18.1 Å². The molecule has 2 unspecified atom stereocenters. The van der Waals surface area contributed by atoms with Gasteiger partial charge in [0.05, 0.1) is 5.92 Å². The molecule has 0 radical (unpaired) electrons. The molecule has 1 aliphatic rings.